The summed E-state index contributed by atoms with van der Waals surface area (Å²) in [5.41, 5.74) is 8.12. The number of hydrogen-bond donors (Lipinski definition) is 2. The van der Waals surface area contributed by atoms with Crippen LogP contribution in [-0.4, -0.2) is 5.84 Å². The molecule has 0 saturated carbocycles. The molecule has 3 rings (SSSR count). The Balaban J connectivity index is 2.22. The van der Waals surface area contributed by atoms with Crippen LogP contribution in [0.1, 0.15) is 10.4 Å². The van der Waals surface area contributed by atoms with Gasteiger partial charge in [0.05, 0.1) is 16.9 Å². The average molecular weight is 247 g/mol. The molecule has 0 radical (unpaired) electrons. The van der Waals surface area contributed by atoms with Crippen LogP contribution in [0.25, 0.3) is 0 Å². The van der Waals surface area contributed by atoms with E-state index in [9.17, 15) is 4.39 Å². The zero-order valence-electron chi connectivity index (χ0n) is 9.12. The molecule has 0 saturated heterocycles. The lowest BCUT2D eigenvalue weighted by Crippen LogP contribution is -2.11. The topological polar surface area (TPSA) is 50.4 Å². The zero-order valence-corrected chi connectivity index (χ0v) is 9.94. The van der Waals surface area contributed by atoms with Gasteiger partial charge in [0, 0.05) is 4.88 Å². The van der Waals surface area contributed by atoms with Crippen LogP contribution in [-0.2, 0) is 0 Å². The van der Waals surface area contributed by atoms with E-state index in [2.05, 4.69) is 10.3 Å². The summed E-state index contributed by atoms with van der Waals surface area (Å²) in [5.74, 6) is 0.170. The van der Waals surface area contributed by atoms with Crippen LogP contribution < -0.4 is 11.1 Å². The Morgan fingerprint density at radius 2 is 2.18 bits per heavy atom. The van der Waals surface area contributed by atoms with E-state index in [0.717, 1.165) is 15.4 Å². The molecule has 2 heterocycles. The molecule has 0 fully saturated rings. The molecule has 3 nitrogen and oxygen atoms in total. The molecule has 1 aliphatic heterocycles. The quantitative estimate of drug-likeness (QED) is 0.750. The van der Waals surface area contributed by atoms with Gasteiger partial charge in [0.1, 0.15) is 16.7 Å². The van der Waals surface area contributed by atoms with Gasteiger partial charge in [-0.1, -0.05) is 0 Å². The number of amidine groups is 1. The minimum Gasteiger partial charge on any atom is -0.383 e. The number of halogens is 1. The number of aliphatic imine (C=N–C) groups is 1. The van der Waals surface area contributed by atoms with Crippen LogP contribution in [0.2, 0.25) is 0 Å². The number of thiophene rings is 1. The van der Waals surface area contributed by atoms with E-state index in [1.165, 1.54) is 12.1 Å². The minimum atomic E-state index is -0.290. The highest BCUT2D eigenvalue weighted by molar-refractivity contribution is 7.16. The summed E-state index contributed by atoms with van der Waals surface area (Å²) in [5, 5.41) is 4.09. The fourth-order valence-electron chi connectivity index (χ4n) is 1.82. The van der Waals surface area contributed by atoms with Crippen LogP contribution in [0, 0.1) is 12.7 Å². The minimum absolute atomic E-state index is 0.290. The molecule has 0 amide bonds. The van der Waals surface area contributed by atoms with Gasteiger partial charge in [0.2, 0.25) is 0 Å². The van der Waals surface area contributed by atoms with E-state index >= 15 is 0 Å². The maximum absolute atomic E-state index is 13.2. The Labute approximate surface area is 102 Å². The van der Waals surface area contributed by atoms with Gasteiger partial charge < -0.3 is 11.1 Å². The van der Waals surface area contributed by atoms with Crippen LogP contribution >= 0.6 is 11.3 Å². The fourth-order valence-corrected chi connectivity index (χ4v) is 2.75. The first kappa shape index (κ1) is 10.3. The first-order chi connectivity index (χ1) is 8.13. The van der Waals surface area contributed by atoms with E-state index in [1.807, 2.05) is 13.0 Å². The Morgan fingerprint density at radius 3 is 3.00 bits per heavy atom. The summed E-state index contributed by atoms with van der Waals surface area (Å²) in [6.45, 7) is 2.00. The summed E-state index contributed by atoms with van der Waals surface area (Å²) in [6, 6.07) is 6.40. The Bertz CT molecular complexity index is 631. The van der Waals surface area contributed by atoms with Gasteiger partial charge in [0.15, 0.2) is 0 Å². The second-order valence-electron chi connectivity index (χ2n) is 3.88. The second-order valence-corrected chi connectivity index (χ2v) is 5.14. The highest BCUT2D eigenvalue weighted by atomic mass is 32.1. The van der Waals surface area contributed by atoms with Gasteiger partial charge in [-0.25, -0.2) is 9.38 Å². The maximum atomic E-state index is 13.2. The molecule has 17 heavy (non-hydrogen) atoms. The van der Waals surface area contributed by atoms with Crippen molar-refractivity contribution in [3.63, 3.8) is 0 Å². The molecule has 0 bridgehead atoms. The summed E-state index contributed by atoms with van der Waals surface area (Å²) in [6.07, 6.45) is 0. The SMILES string of the molecule is Cc1cc2c(s1)Nc1cc(F)ccc1N=C2N. The molecule has 1 aromatic heterocycles. The van der Waals surface area contributed by atoms with Gasteiger partial charge in [-0.05, 0) is 31.2 Å². The van der Waals surface area contributed by atoms with Gasteiger partial charge >= 0.3 is 0 Å². The second kappa shape index (κ2) is 3.56. The molecule has 1 aromatic carbocycles. The highest BCUT2D eigenvalue weighted by Crippen LogP contribution is 2.37. The third-order valence-corrected chi connectivity index (χ3v) is 3.54. The van der Waals surface area contributed by atoms with Crippen molar-refractivity contribution in [1.82, 2.24) is 0 Å². The fraction of sp³-hybridized carbons (Fsp3) is 0.0833. The van der Waals surface area contributed by atoms with Crippen LogP contribution in [0.3, 0.4) is 0 Å². The van der Waals surface area contributed by atoms with Crippen molar-refractivity contribution in [2.45, 2.75) is 6.92 Å². The van der Waals surface area contributed by atoms with Crippen molar-refractivity contribution in [1.29, 1.82) is 0 Å². The summed E-state index contributed by atoms with van der Waals surface area (Å²) in [4.78, 5) is 5.45. The summed E-state index contributed by atoms with van der Waals surface area (Å²) in [7, 11) is 0. The van der Waals surface area contributed by atoms with Crippen LogP contribution in [0.5, 0.6) is 0 Å². The number of nitrogens with one attached hydrogen (secondary N) is 1. The number of nitrogens with zero attached hydrogens (tertiary/aromatic N) is 1. The van der Waals surface area contributed by atoms with Gasteiger partial charge in [-0.15, -0.1) is 11.3 Å². The van der Waals surface area contributed by atoms with E-state index in [4.69, 9.17) is 5.73 Å². The number of aryl methyl sites for hydroxylation is 1. The average Bonchev–Trinajstić information content (AvgIpc) is 2.58. The van der Waals surface area contributed by atoms with Crippen molar-refractivity contribution >= 4 is 33.5 Å². The lowest BCUT2D eigenvalue weighted by Gasteiger charge is -2.05. The molecule has 0 atom stereocenters. The monoisotopic (exact) mass is 247 g/mol. The molecular weight excluding hydrogens is 237 g/mol. The lowest BCUT2D eigenvalue weighted by atomic mass is 10.2. The van der Waals surface area contributed by atoms with Crippen molar-refractivity contribution in [2.75, 3.05) is 5.32 Å². The van der Waals surface area contributed by atoms with Crippen molar-refractivity contribution in [3.05, 3.63) is 40.5 Å². The Kier molecular flexibility index (Phi) is 2.16. The third-order valence-electron chi connectivity index (χ3n) is 2.58. The van der Waals surface area contributed by atoms with E-state index in [-0.39, 0.29) is 5.82 Å². The standard InChI is InChI=1S/C12H10FN3S/c1-6-4-8-11(14)15-9-3-2-7(13)5-10(9)16-12(8)17-6/h2-5,16H,1H3,(H2,14,15). The molecule has 5 heteroatoms. The predicted octanol–water partition coefficient (Wildman–Crippen LogP) is 3.29. The molecular formula is C12H10FN3S. The largest absolute Gasteiger partial charge is 0.383 e. The highest BCUT2D eigenvalue weighted by Gasteiger charge is 2.17. The van der Waals surface area contributed by atoms with Gasteiger partial charge in [0.25, 0.3) is 0 Å². The first-order valence-electron chi connectivity index (χ1n) is 5.15. The maximum Gasteiger partial charge on any atom is 0.134 e. The number of fused-ring (bicyclic) bond motifs is 2. The van der Waals surface area contributed by atoms with Crippen LogP contribution in [0.4, 0.5) is 20.8 Å². The number of hydrogen-bond acceptors (Lipinski definition) is 4. The van der Waals surface area contributed by atoms with Crippen LogP contribution in [0.15, 0.2) is 29.3 Å². The third kappa shape index (κ3) is 1.68. The molecule has 86 valence electrons. The number of rotatable bonds is 0. The molecule has 0 unspecified atom stereocenters. The number of nitrogens with two attached hydrogens (primary N) is 1. The van der Waals surface area contributed by atoms with Crippen molar-refractivity contribution < 1.29 is 4.39 Å². The Morgan fingerprint density at radius 1 is 1.35 bits per heavy atom. The van der Waals surface area contributed by atoms with Gasteiger partial charge in [-0.2, -0.15) is 0 Å². The molecule has 3 N–H and O–H groups in total. The predicted molar refractivity (Wildman–Crippen MR) is 69.1 cm³/mol. The normalized spacial score (nSPS) is 13.2. The Hall–Kier alpha value is -1.88. The molecule has 0 spiro atoms. The van der Waals surface area contributed by atoms with Crippen molar-refractivity contribution in [2.24, 2.45) is 10.7 Å². The molecule has 0 aliphatic carbocycles. The first-order valence-corrected chi connectivity index (χ1v) is 5.96. The van der Waals surface area contributed by atoms with Crippen molar-refractivity contribution in [3.8, 4) is 0 Å². The molecule has 2 aromatic rings. The van der Waals surface area contributed by atoms with E-state index in [0.29, 0.717) is 17.2 Å². The lowest BCUT2D eigenvalue weighted by molar-refractivity contribution is 0.628. The van der Waals surface area contributed by atoms with E-state index < -0.39 is 0 Å². The smallest absolute Gasteiger partial charge is 0.134 e. The summed E-state index contributed by atoms with van der Waals surface area (Å²) >= 11 is 1.58. The number of benzene rings is 1. The zero-order chi connectivity index (χ0) is 12.0. The van der Waals surface area contributed by atoms with Gasteiger partial charge in [-0.3, -0.25) is 0 Å². The molecule has 1 aliphatic rings. The summed E-state index contributed by atoms with van der Waals surface area (Å²) < 4.78 is 13.2. The van der Waals surface area contributed by atoms with E-state index in [1.54, 1.807) is 17.4 Å². The number of anilines is 2.